The molecule has 0 radical (unpaired) electrons. The van der Waals surface area contributed by atoms with Gasteiger partial charge in [-0.05, 0) is 31.0 Å². The quantitative estimate of drug-likeness (QED) is 0.713. The van der Waals surface area contributed by atoms with Crippen molar-refractivity contribution in [2.24, 2.45) is 5.92 Å². The van der Waals surface area contributed by atoms with Gasteiger partial charge in [-0.3, -0.25) is 15.0 Å². The molecular weight excluding hydrogens is 296 g/mol. The molecule has 0 bridgehead atoms. The molecule has 8 heteroatoms. The van der Waals surface area contributed by atoms with Crippen molar-refractivity contribution in [3.8, 4) is 6.07 Å². The maximum absolute atomic E-state index is 11.7. The first-order chi connectivity index (χ1) is 11.1. The van der Waals surface area contributed by atoms with Crippen molar-refractivity contribution < 1.29 is 9.59 Å². The molecule has 0 aromatic carbocycles. The van der Waals surface area contributed by atoms with Gasteiger partial charge in [0.15, 0.2) is 0 Å². The standard InChI is InChI=1S/C15H20N6O2/c1-17-15(23)20-13(22)10-21-6-4-11(9-21)8-19-14-12(7-16)3-2-5-18-14/h2-3,5,11H,4,6,8-10H2,1H3,(H,18,19)(H2,17,20,22,23). The second-order valence-corrected chi connectivity index (χ2v) is 5.41. The summed E-state index contributed by atoms with van der Waals surface area (Å²) in [4.78, 5) is 28.9. The zero-order valence-electron chi connectivity index (χ0n) is 13.0. The zero-order valence-corrected chi connectivity index (χ0v) is 13.0. The van der Waals surface area contributed by atoms with E-state index >= 15 is 0 Å². The summed E-state index contributed by atoms with van der Waals surface area (Å²) in [5.41, 5.74) is 0.521. The van der Waals surface area contributed by atoms with E-state index in [0.717, 1.165) is 19.5 Å². The van der Waals surface area contributed by atoms with Gasteiger partial charge in [0.25, 0.3) is 0 Å². The van der Waals surface area contributed by atoms with Gasteiger partial charge in [0.1, 0.15) is 11.9 Å². The fourth-order valence-corrected chi connectivity index (χ4v) is 2.53. The number of hydrogen-bond acceptors (Lipinski definition) is 6. The van der Waals surface area contributed by atoms with Crippen molar-refractivity contribution in [1.82, 2.24) is 20.5 Å². The van der Waals surface area contributed by atoms with Crippen LogP contribution in [0.15, 0.2) is 18.3 Å². The largest absolute Gasteiger partial charge is 0.369 e. The van der Waals surface area contributed by atoms with Crippen LogP contribution in [0, 0.1) is 17.2 Å². The van der Waals surface area contributed by atoms with Gasteiger partial charge < -0.3 is 10.6 Å². The molecule has 1 unspecified atom stereocenters. The van der Waals surface area contributed by atoms with Gasteiger partial charge >= 0.3 is 6.03 Å². The molecule has 0 spiro atoms. The molecule has 122 valence electrons. The number of anilines is 1. The van der Waals surface area contributed by atoms with Crippen LogP contribution in [-0.2, 0) is 4.79 Å². The van der Waals surface area contributed by atoms with Crippen LogP contribution in [-0.4, -0.2) is 55.0 Å². The van der Waals surface area contributed by atoms with Crippen LogP contribution in [0.3, 0.4) is 0 Å². The molecule has 1 aromatic rings. The molecule has 8 nitrogen and oxygen atoms in total. The minimum Gasteiger partial charge on any atom is -0.369 e. The lowest BCUT2D eigenvalue weighted by Gasteiger charge is -2.16. The number of nitrogens with zero attached hydrogens (tertiary/aromatic N) is 3. The number of urea groups is 1. The molecule has 1 aliphatic rings. The number of likely N-dealkylation sites (tertiary alicyclic amines) is 1. The minimum atomic E-state index is -0.494. The number of rotatable bonds is 5. The Labute approximate surface area is 134 Å². The third kappa shape index (κ3) is 4.93. The van der Waals surface area contributed by atoms with Gasteiger partial charge in [0, 0.05) is 26.3 Å². The van der Waals surface area contributed by atoms with Gasteiger partial charge in [0.2, 0.25) is 5.91 Å². The van der Waals surface area contributed by atoms with Gasteiger partial charge in [-0.2, -0.15) is 5.26 Å². The lowest BCUT2D eigenvalue weighted by Crippen LogP contribution is -2.43. The van der Waals surface area contributed by atoms with Crippen molar-refractivity contribution in [3.63, 3.8) is 0 Å². The van der Waals surface area contributed by atoms with Crippen LogP contribution in [0.25, 0.3) is 0 Å². The van der Waals surface area contributed by atoms with E-state index in [2.05, 4.69) is 27.0 Å². The Kier molecular flexibility index (Phi) is 5.88. The summed E-state index contributed by atoms with van der Waals surface area (Å²) < 4.78 is 0. The molecule has 1 saturated heterocycles. The Morgan fingerprint density at radius 1 is 1.52 bits per heavy atom. The predicted octanol–water partition coefficient (Wildman–Crippen LogP) is 0.143. The summed E-state index contributed by atoms with van der Waals surface area (Å²) in [5, 5.41) is 16.8. The zero-order chi connectivity index (χ0) is 16.7. The topological polar surface area (TPSA) is 110 Å². The predicted molar refractivity (Wildman–Crippen MR) is 84.6 cm³/mol. The van der Waals surface area contributed by atoms with E-state index in [-0.39, 0.29) is 12.5 Å². The lowest BCUT2D eigenvalue weighted by atomic mass is 10.1. The normalized spacial score (nSPS) is 17.3. The molecule has 23 heavy (non-hydrogen) atoms. The summed E-state index contributed by atoms with van der Waals surface area (Å²) in [6.45, 7) is 2.47. The van der Waals surface area contributed by atoms with Gasteiger partial charge in [-0.25, -0.2) is 9.78 Å². The number of aromatic nitrogens is 1. The van der Waals surface area contributed by atoms with Crippen LogP contribution < -0.4 is 16.0 Å². The number of amides is 3. The summed E-state index contributed by atoms with van der Waals surface area (Å²) in [7, 11) is 1.47. The molecular formula is C15H20N6O2. The average molecular weight is 316 g/mol. The molecule has 0 aliphatic carbocycles. The minimum absolute atomic E-state index is 0.205. The molecule has 0 saturated carbocycles. The molecule has 3 N–H and O–H groups in total. The molecule has 1 fully saturated rings. The Morgan fingerprint density at radius 2 is 2.35 bits per heavy atom. The van der Waals surface area contributed by atoms with Crippen molar-refractivity contribution >= 4 is 17.8 Å². The summed E-state index contributed by atoms with van der Waals surface area (Å²) in [6.07, 6.45) is 2.60. The van der Waals surface area contributed by atoms with E-state index in [1.165, 1.54) is 7.05 Å². The summed E-state index contributed by atoms with van der Waals surface area (Å²) in [5.74, 6) is 0.650. The van der Waals surface area contributed by atoms with Crippen LogP contribution in [0.5, 0.6) is 0 Å². The van der Waals surface area contributed by atoms with Gasteiger partial charge in [0.05, 0.1) is 12.1 Å². The first-order valence-electron chi connectivity index (χ1n) is 7.45. The van der Waals surface area contributed by atoms with E-state index in [0.29, 0.717) is 23.8 Å². The number of pyridine rings is 1. The highest BCUT2D eigenvalue weighted by Crippen LogP contribution is 2.17. The highest BCUT2D eigenvalue weighted by atomic mass is 16.2. The molecule has 3 amide bonds. The smallest absolute Gasteiger partial charge is 0.321 e. The number of carbonyl (C=O) groups excluding carboxylic acids is 2. The van der Waals surface area contributed by atoms with Crippen molar-refractivity contribution in [3.05, 3.63) is 23.9 Å². The fraction of sp³-hybridized carbons (Fsp3) is 0.467. The van der Waals surface area contributed by atoms with Gasteiger partial charge in [-0.15, -0.1) is 0 Å². The van der Waals surface area contributed by atoms with Crippen LogP contribution in [0.2, 0.25) is 0 Å². The monoisotopic (exact) mass is 316 g/mol. The Bertz CT molecular complexity index is 612. The highest BCUT2D eigenvalue weighted by molar-refractivity contribution is 5.95. The van der Waals surface area contributed by atoms with Crippen LogP contribution in [0.4, 0.5) is 10.6 Å². The summed E-state index contributed by atoms with van der Waals surface area (Å²) >= 11 is 0. The van der Waals surface area contributed by atoms with Crippen molar-refractivity contribution in [1.29, 1.82) is 5.26 Å². The van der Waals surface area contributed by atoms with E-state index < -0.39 is 6.03 Å². The maximum atomic E-state index is 11.7. The molecule has 1 aromatic heterocycles. The number of nitriles is 1. The maximum Gasteiger partial charge on any atom is 0.321 e. The van der Waals surface area contributed by atoms with E-state index in [9.17, 15) is 9.59 Å². The SMILES string of the molecule is CNC(=O)NC(=O)CN1CCC(CNc2ncccc2C#N)C1. The number of imide groups is 1. The van der Waals surface area contributed by atoms with Crippen LogP contribution >= 0.6 is 0 Å². The van der Waals surface area contributed by atoms with Crippen molar-refractivity contribution in [2.75, 3.05) is 38.5 Å². The van der Waals surface area contributed by atoms with E-state index in [4.69, 9.17) is 5.26 Å². The van der Waals surface area contributed by atoms with Gasteiger partial charge in [-0.1, -0.05) is 0 Å². The first kappa shape index (κ1) is 16.7. The lowest BCUT2D eigenvalue weighted by molar-refractivity contribution is -0.120. The third-order valence-corrected chi connectivity index (χ3v) is 3.70. The molecule has 1 atom stereocenters. The molecule has 2 rings (SSSR count). The third-order valence-electron chi connectivity index (χ3n) is 3.70. The first-order valence-corrected chi connectivity index (χ1v) is 7.45. The number of nitrogens with one attached hydrogen (secondary N) is 3. The second kappa shape index (κ2) is 8.10. The fourth-order valence-electron chi connectivity index (χ4n) is 2.53. The summed E-state index contributed by atoms with van der Waals surface area (Å²) in [6, 6.07) is 5.06. The highest BCUT2D eigenvalue weighted by Gasteiger charge is 2.24. The van der Waals surface area contributed by atoms with Crippen LogP contribution in [0.1, 0.15) is 12.0 Å². The second-order valence-electron chi connectivity index (χ2n) is 5.41. The molecule has 1 aliphatic heterocycles. The Balaban J connectivity index is 1.76. The number of carbonyl (C=O) groups is 2. The molecule has 2 heterocycles. The van der Waals surface area contributed by atoms with E-state index in [1.807, 2.05) is 4.90 Å². The average Bonchev–Trinajstić information content (AvgIpc) is 3.00. The Hall–Kier alpha value is -2.66. The number of hydrogen-bond donors (Lipinski definition) is 3. The van der Waals surface area contributed by atoms with Crippen molar-refractivity contribution in [2.45, 2.75) is 6.42 Å². The van der Waals surface area contributed by atoms with E-state index in [1.54, 1.807) is 18.3 Å². The Morgan fingerprint density at radius 3 is 3.09 bits per heavy atom.